The van der Waals surface area contributed by atoms with Gasteiger partial charge in [-0.2, -0.15) is 8.42 Å². The van der Waals surface area contributed by atoms with Gasteiger partial charge in [-0.1, -0.05) is 12.1 Å². The molecule has 1 saturated heterocycles. The number of carbonyl (C=O) groups excluding carboxylic acids is 1. The molecule has 2 aromatic carbocycles. The van der Waals surface area contributed by atoms with Crippen molar-refractivity contribution in [1.29, 1.82) is 0 Å². The van der Waals surface area contributed by atoms with E-state index < -0.39 is 15.9 Å². The maximum Gasteiger partial charge on any atom is 0.321 e. The smallest absolute Gasteiger partial charge is 0.321 e. The van der Waals surface area contributed by atoms with E-state index in [4.69, 9.17) is 0 Å². The number of urea groups is 1. The van der Waals surface area contributed by atoms with Crippen molar-refractivity contribution in [2.24, 2.45) is 0 Å². The number of hydrogen-bond acceptors (Lipinski definition) is 3. The second kappa shape index (κ2) is 6.21. The molecule has 2 N–H and O–H groups in total. The van der Waals surface area contributed by atoms with Crippen LogP contribution in [0.4, 0.5) is 14.9 Å². The zero-order valence-corrected chi connectivity index (χ0v) is 13.4. The number of rotatable bonds is 3. The largest absolute Gasteiger partial charge is 0.338 e. The Kier molecular flexibility index (Phi) is 4.25. The zero-order valence-electron chi connectivity index (χ0n) is 12.6. The number of carbonyl (C=O) groups is 1. The maximum atomic E-state index is 13.1. The normalized spacial score (nSPS) is 15.2. The summed E-state index contributed by atoms with van der Waals surface area (Å²) < 4.78 is 45.8. The van der Waals surface area contributed by atoms with Gasteiger partial charge < -0.3 is 5.32 Å². The van der Waals surface area contributed by atoms with Gasteiger partial charge in [-0.25, -0.2) is 9.18 Å². The van der Waals surface area contributed by atoms with E-state index in [1.165, 1.54) is 47.4 Å². The lowest BCUT2D eigenvalue weighted by atomic mass is 10.0. The molecule has 0 atom stereocenters. The van der Waals surface area contributed by atoms with E-state index in [1.54, 1.807) is 0 Å². The van der Waals surface area contributed by atoms with Gasteiger partial charge in [0.05, 0.1) is 0 Å². The van der Waals surface area contributed by atoms with E-state index in [2.05, 4.69) is 5.32 Å². The summed E-state index contributed by atoms with van der Waals surface area (Å²) in [6.45, 7) is 1.09. The van der Waals surface area contributed by atoms with Crippen LogP contribution in [0.1, 0.15) is 6.42 Å². The summed E-state index contributed by atoms with van der Waals surface area (Å²) >= 11 is 0. The van der Waals surface area contributed by atoms with Gasteiger partial charge in [0.2, 0.25) is 0 Å². The maximum absolute atomic E-state index is 13.1. The lowest BCUT2D eigenvalue weighted by Gasteiger charge is -2.28. The van der Waals surface area contributed by atoms with Gasteiger partial charge >= 0.3 is 6.03 Å². The van der Waals surface area contributed by atoms with Crippen LogP contribution < -0.4 is 10.2 Å². The Hall–Kier alpha value is -2.45. The number of nitrogens with one attached hydrogen (secondary N) is 1. The third-order valence-electron chi connectivity index (χ3n) is 3.79. The van der Waals surface area contributed by atoms with E-state index in [0.29, 0.717) is 24.3 Å². The molecule has 0 saturated carbocycles. The van der Waals surface area contributed by atoms with Crippen LogP contribution in [0.2, 0.25) is 0 Å². The lowest BCUT2D eigenvalue weighted by molar-refractivity contribution is 0.243. The van der Waals surface area contributed by atoms with Crippen molar-refractivity contribution in [3.05, 3.63) is 48.3 Å². The first-order valence-electron chi connectivity index (χ1n) is 7.29. The van der Waals surface area contributed by atoms with Crippen LogP contribution in [0.5, 0.6) is 0 Å². The van der Waals surface area contributed by atoms with Gasteiger partial charge in [0.1, 0.15) is 10.7 Å². The Morgan fingerprint density at radius 3 is 2.46 bits per heavy atom. The molecule has 0 unspecified atom stereocenters. The van der Waals surface area contributed by atoms with Crippen LogP contribution in [-0.4, -0.2) is 32.1 Å². The molecular weight excluding hydrogens is 335 g/mol. The molecule has 1 aliphatic heterocycles. The third kappa shape index (κ3) is 3.24. The minimum Gasteiger partial charge on any atom is -0.338 e. The second-order valence-electron chi connectivity index (χ2n) is 5.40. The van der Waals surface area contributed by atoms with Crippen LogP contribution >= 0.6 is 0 Å². The van der Waals surface area contributed by atoms with Crippen molar-refractivity contribution in [2.75, 3.05) is 18.0 Å². The fourth-order valence-corrected chi connectivity index (χ4v) is 3.34. The summed E-state index contributed by atoms with van der Waals surface area (Å²) in [6.07, 6.45) is 0.762. The highest BCUT2D eigenvalue weighted by molar-refractivity contribution is 7.86. The summed E-state index contributed by atoms with van der Waals surface area (Å²) in [5, 5.41) is 2.71. The number of halogens is 1. The molecule has 0 radical (unpaired) electrons. The zero-order chi connectivity index (χ0) is 17.3. The fourth-order valence-electron chi connectivity index (χ4n) is 2.64. The van der Waals surface area contributed by atoms with Crippen molar-refractivity contribution in [1.82, 2.24) is 5.32 Å². The quantitative estimate of drug-likeness (QED) is 0.833. The first-order chi connectivity index (χ1) is 11.4. The Bertz CT molecular complexity index is 881. The fraction of sp³-hybridized carbons (Fsp3) is 0.188. The Morgan fingerprint density at radius 2 is 1.83 bits per heavy atom. The van der Waals surface area contributed by atoms with E-state index >= 15 is 0 Å². The SMILES string of the molecule is O=C1NCCCN1c1ccc(S(=O)(=O)O)c(-c2ccc(F)cc2)c1. The topological polar surface area (TPSA) is 86.7 Å². The van der Waals surface area contributed by atoms with Gasteiger partial charge in [-0.15, -0.1) is 0 Å². The van der Waals surface area contributed by atoms with E-state index in [-0.39, 0.29) is 16.5 Å². The van der Waals surface area contributed by atoms with Crippen molar-refractivity contribution in [2.45, 2.75) is 11.3 Å². The molecule has 8 heteroatoms. The molecule has 0 spiro atoms. The second-order valence-corrected chi connectivity index (χ2v) is 6.79. The first-order valence-corrected chi connectivity index (χ1v) is 8.73. The Labute approximate surface area is 138 Å². The first kappa shape index (κ1) is 16.4. The molecule has 126 valence electrons. The number of anilines is 1. The minimum atomic E-state index is -4.47. The molecule has 0 bridgehead atoms. The minimum absolute atomic E-state index is 0.202. The molecule has 24 heavy (non-hydrogen) atoms. The van der Waals surface area contributed by atoms with E-state index in [9.17, 15) is 22.2 Å². The third-order valence-corrected chi connectivity index (χ3v) is 4.70. The van der Waals surface area contributed by atoms with Crippen LogP contribution in [0.3, 0.4) is 0 Å². The standard InChI is InChI=1S/C16H15FN2O4S/c17-12-4-2-11(3-5-12)14-10-13(6-7-15(14)24(21,22)23)19-9-1-8-18-16(19)20/h2-7,10H,1,8-9H2,(H,18,20)(H,21,22,23). The molecule has 0 aromatic heterocycles. The molecular formula is C16H15FN2O4S. The highest BCUT2D eigenvalue weighted by Gasteiger charge is 2.23. The lowest BCUT2D eigenvalue weighted by Crippen LogP contribution is -2.46. The number of nitrogens with zero attached hydrogens (tertiary/aromatic N) is 1. The molecule has 1 fully saturated rings. The van der Waals surface area contributed by atoms with Gasteiger partial charge in [0.25, 0.3) is 10.1 Å². The summed E-state index contributed by atoms with van der Waals surface area (Å²) in [4.78, 5) is 13.2. The van der Waals surface area contributed by atoms with E-state index in [1.807, 2.05) is 0 Å². The molecule has 0 aliphatic carbocycles. The van der Waals surface area contributed by atoms with Crippen LogP contribution in [-0.2, 0) is 10.1 Å². The highest BCUT2D eigenvalue weighted by Crippen LogP contribution is 2.32. The Morgan fingerprint density at radius 1 is 1.12 bits per heavy atom. The van der Waals surface area contributed by atoms with Gasteiger partial charge in [0, 0.05) is 24.3 Å². The van der Waals surface area contributed by atoms with Crippen molar-refractivity contribution >= 4 is 21.8 Å². The van der Waals surface area contributed by atoms with E-state index in [0.717, 1.165) is 6.42 Å². The Balaban J connectivity index is 2.14. The predicted octanol–water partition coefficient (Wildman–Crippen LogP) is 2.66. The van der Waals surface area contributed by atoms with Crippen molar-refractivity contribution < 1.29 is 22.2 Å². The van der Waals surface area contributed by atoms with Gasteiger partial charge in [0.15, 0.2) is 0 Å². The van der Waals surface area contributed by atoms with Crippen LogP contribution in [0, 0.1) is 5.82 Å². The van der Waals surface area contributed by atoms with Crippen LogP contribution in [0.15, 0.2) is 47.4 Å². The van der Waals surface area contributed by atoms with Gasteiger partial charge in [-0.3, -0.25) is 9.45 Å². The number of benzene rings is 2. The summed E-state index contributed by atoms with van der Waals surface area (Å²) in [5.41, 5.74) is 1.12. The predicted molar refractivity (Wildman–Crippen MR) is 87.0 cm³/mol. The number of hydrogen-bond donors (Lipinski definition) is 2. The molecule has 2 aromatic rings. The molecule has 2 amide bonds. The summed E-state index contributed by atoms with van der Waals surface area (Å²) in [7, 11) is -4.47. The average Bonchev–Trinajstić information content (AvgIpc) is 2.54. The summed E-state index contributed by atoms with van der Waals surface area (Å²) in [5.74, 6) is -0.460. The molecule has 3 rings (SSSR count). The monoisotopic (exact) mass is 350 g/mol. The highest BCUT2D eigenvalue weighted by atomic mass is 32.2. The van der Waals surface area contributed by atoms with Crippen LogP contribution in [0.25, 0.3) is 11.1 Å². The molecule has 1 aliphatic rings. The summed E-state index contributed by atoms with van der Waals surface area (Å²) in [6, 6.07) is 9.16. The number of amides is 2. The van der Waals surface area contributed by atoms with Crippen molar-refractivity contribution in [3.63, 3.8) is 0 Å². The molecule has 6 nitrogen and oxygen atoms in total. The van der Waals surface area contributed by atoms with Gasteiger partial charge in [-0.05, 0) is 42.3 Å². The van der Waals surface area contributed by atoms with Crippen molar-refractivity contribution in [3.8, 4) is 11.1 Å². The molecule has 1 heterocycles. The average molecular weight is 350 g/mol.